The predicted molar refractivity (Wildman–Crippen MR) is 70.6 cm³/mol. The summed E-state index contributed by atoms with van der Waals surface area (Å²) < 4.78 is 5.90. The molecule has 3 atom stereocenters. The zero-order valence-corrected chi connectivity index (χ0v) is 10.6. The quantitative estimate of drug-likeness (QED) is 0.843. The van der Waals surface area contributed by atoms with Crippen LogP contribution >= 0.6 is 0 Å². The van der Waals surface area contributed by atoms with Crippen molar-refractivity contribution in [2.24, 2.45) is 5.73 Å². The van der Waals surface area contributed by atoms with Gasteiger partial charge in [0.1, 0.15) is 11.9 Å². The SMILES string of the molecule is NC1CCCc2ccc(OC3CCCC3O)cc21. The number of hydrogen-bond acceptors (Lipinski definition) is 3. The summed E-state index contributed by atoms with van der Waals surface area (Å²) in [5, 5.41) is 9.79. The van der Waals surface area contributed by atoms with Crippen LogP contribution in [-0.4, -0.2) is 17.3 Å². The van der Waals surface area contributed by atoms with E-state index in [0.29, 0.717) is 0 Å². The summed E-state index contributed by atoms with van der Waals surface area (Å²) >= 11 is 0. The summed E-state index contributed by atoms with van der Waals surface area (Å²) in [6, 6.07) is 6.36. The Morgan fingerprint density at radius 2 is 2.06 bits per heavy atom. The highest BCUT2D eigenvalue weighted by Gasteiger charge is 2.27. The zero-order valence-electron chi connectivity index (χ0n) is 10.6. The number of rotatable bonds is 2. The molecule has 3 rings (SSSR count). The van der Waals surface area contributed by atoms with Crippen LogP contribution < -0.4 is 10.5 Å². The topological polar surface area (TPSA) is 55.5 Å². The zero-order chi connectivity index (χ0) is 12.5. The van der Waals surface area contributed by atoms with Gasteiger partial charge in [-0.25, -0.2) is 0 Å². The normalized spacial score (nSPS) is 31.1. The molecule has 0 aromatic heterocycles. The summed E-state index contributed by atoms with van der Waals surface area (Å²) in [5.41, 5.74) is 8.73. The highest BCUT2D eigenvalue weighted by Crippen LogP contribution is 2.32. The molecule has 0 bridgehead atoms. The Morgan fingerprint density at radius 3 is 2.83 bits per heavy atom. The van der Waals surface area contributed by atoms with Crippen molar-refractivity contribution in [3.8, 4) is 5.75 Å². The summed E-state index contributed by atoms with van der Waals surface area (Å²) in [6.07, 6.45) is 5.86. The standard InChI is InChI=1S/C15H21NO2/c16-13-4-1-3-10-7-8-11(9-12(10)13)18-15-6-2-5-14(15)17/h7-9,13-15,17H,1-6,16H2. The van der Waals surface area contributed by atoms with Crippen LogP contribution in [0.4, 0.5) is 0 Å². The predicted octanol–water partition coefficient (Wildman–Crippen LogP) is 2.31. The fourth-order valence-electron chi connectivity index (χ4n) is 3.11. The molecule has 0 heterocycles. The van der Waals surface area contributed by atoms with Gasteiger partial charge >= 0.3 is 0 Å². The second-order valence-electron chi connectivity index (χ2n) is 5.51. The second kappa shape index (κ2) is 4.90. The molecular weight excluding hydrogens is 226 g/mol. The Balaban J connectivity index is 1.79. The van der Waals surface area contributed by atoms with Crippen LogP contribution in [0.15, 0.2) is 18.2 Å². The van der Waals surface area contributed by atoms with Crippen molar-refractivity contribution in [1.29, 1.82) is 0 Å². The minimum atomic E-state index is -0.310. The Labute approximate surface area is 108 Å². The van der Waals surface area contributed by atoms with Gasteiger partial charge < -0.3 is 15.6 Å². The fourth-order valence-corrected chi connectivity index (χ4v) is 3.11. The highest BCUT2D eigenvalue weighted by molar-refractivity contribution is 5.39. The molecule has 0 saturated heterocycles. The fraction of sp³-hybridized carbons (Fsp3) is 0.600. The van der Waals surface area contributed by atoms with Gasteiger partial charge in [0.15, 0.2) is 0 Å². The third-order valence-electron chi connectivity index (χ3n) is 4.18. The van der Waals surface area contributed by atoms with Crippen LogP contribution in [-0.2, 0) is 6.42 Å². The van der Waals surface area contributed by atoms with Gasteiger partial charge in [0, 0.05) is 6.04 Å². The lowest BCUT2D eigenvalue weighted by molar-refractivity contribution is 0.0603. The van der Waals surface area contributed by atoms with E-state index in [1.165, 1.54) is 17.5 Å². The molecule has 3 unspecified atom stereocenters. The molecular formula is C15H21NO2. The number of aliphatic hydroxyl groups is 1. The lowest BCUT2D eigenvalue weighted by atomic mass is 9.88. The first-order valence-electron chi connectivity index (χ1n) is 6.97. The van der Waals surface area contributed by atoms with Gasteiger partial charge in [-0.15, -0.1) is 0 Å². The summed E-state index contributed by atoms with van der Waals surface area (Å²) in [7, 11) is 0. The highest BCUT2D eigenvalue weighted by atomic mass is 16.5. The summed E-state index contributed by atoms with van der Waals surface area (Å²) in [4.78, 5) is 0. The molecule has 1 aromatic rings. The van der Waals surface area contributed by atoms with Crippen molar-refractivity contribution < 1.29 is 9.84 Å². The minimum Gasteiger partial charge on any atom is -0.488 e. The van der Waals surface area contributed by atoms with E-state index in [-0.39, 0.29) is 18.2 Å². The van der Waals surface area contributed by atoms with E-state index in [9.17, 15) is 5.11 Å². The van der Waals surface area contributed by atoms with Crippen molar-refractivity contribution in [2.75, 3.05) is 0 Å². The maximum absolute atomic E-state index is 9.79. The van der Waals surface area contributed by atoms with Crippen LogP contribution in [0.25, 0.3) is 0 Å². The molecule has 0 spiro atoms. The lowest BCUT2D eigenvalue weighted by Gasteiger charge is -2.24. The molecule has 18 heavy (non-hydrogen) atoms. The van der Waals surface area contributed by atoms with Crippen LogP contribution in [0.1, 0.15) is 49.3 Å². The van der Waals surface area contributed by atoms with E-state index in [4.69, 9.17) is 10.5 Å². The van der Waals surface area contributed by atoms with E-state index in [2.05, 4.69) is 12.1 Å². The van der Waals surface area contributed by atoms with Crippen molar-refractivity contribution in [3.63, 3.8) is 0 Å². The molecule has 0 amide bonds. The first-order valence-corrected chi connectivity index (χ1v) is 6.97. The number of benzene rings is 1. The maximum Gasteiger partial charge on any atom is 0.124 e. The molecule has 1 fully saturated rings. The monoisotopic (exact) mass is 247 g/mol. The molecule has 0 radical (unpaired) electrons. The molecule has 98 valence electrons. The van der Waals surface area contributed by atoms with Gasteiger partial charge in [0.2, 0.25) is 0 Å². The first kappa shape index (κ1) is 12.0. The van der Waals surface area contributed by atoms with Crippen LogP contribution in [0.5, 0.6) is 5.75 Å². The lowest BCUT2D eigenvalue weighted by Crippen LogP contribution is -2.26. The first-order chi connectivity index (χ1) is 8.74. The number of hydrogen-bond donors (Lipinski definition) is 2. The number of fused-ring (bicyclic) bond motifs is 1. The average molecular weight is 247 g/mol. The maximum atomic E-state index is 9.79. The van der Waals surface area contributed by atoms with Gasteiger partial charge in [-0.1, -0.05) is 6.07 Å². The van der Waals surface area contributed by atoms with Crippen molar-refractivity contribution in [1.82, 2.24) is 0 Å². The largest absolute Gasteiger partial charge is 0.488 e. The number of aliphatic hydroxyl groups excluding tert-OH is 1. The summed E-state index contributed by atoms with van der Waals surface area (Å²) in [5.74, 6) is 0.858. The molecule has 3 nitrogen and oxygen atoms in total. The van der Waals surface area contributed by atoms with E-state index in [1.807, 2.05) is 6.07 Å². The van der Waals surface area contributed by atoms with Crippen LogP contribution in [0, 0.1) is 0 Å². The molecule has 2 aliphatic rings. The molecule has 1 saturated carbocycles. The van der Waals surface area contributed by atoms with Gasteiger partial charge in [0.25, 0.3) is 0 Å². The van der Waals surface area contributed by atoms with Crippen molar-refractivity contribution in [3.05, 3.63) is 29.3 Å². The Bertz CT molecular complexity index is 433. The summed E-state index contributed by atoms with van der Waals surface area (Å²) in [6.45, 7) is 0. The van der Waals surface area contributed by atoms with E-state index in [0.717, 1.165) is 37.9 Å². The smallest absolute Gasteiger partial charge is 0.124 e. The van der Waals surface area contributed by atoms with E-state index < -0.39 is 0 Å². The number of aryl methyl sites for hydroxylation is 1. The average Bonchev–Trinajstić information content (AvgIpc) is 2.76. The third-order valence-corrected chi connectivity index (χ3v) is 4.18. The van der Waals surface area contributed by atoms with E-state index >= 15 is 0 Å². The molecule has 3 N–H and O–H groups in total. The van der Waals surface area contributed by atoms with Crippen LogP contribution in [0.3, 0.4) is 0 Å². The van der Waals surface area contributed by atoms with Crippen LogP contribution in [0.2, 0.25) is 0 Å². The number of nitrogens with two attached hydrogens (primary N) is 1. The van der Waals surface area contributed by atoms with Gasteiger partial charge in [-0.2, -0.15) is 0 Å². The number of ether oxygens (including phenoxy) is 1. The Hall–Kier alpha value is -1.06. The van der Waals surface area contributed by atoms with Gasteiger partial charge in [-0.05, 0) is 61.8 Å². The third kappa shape index (κ3) is 2.25. The van der Waals surface area contributed by atoms with Crippen molar-refractivity contribution >= 4 is 0 Å². The second-order valence-corrected chi connectivity index (χ2v) is 5.51. The Kier molecular flexibility index (Phi) is 3.27. The molecule has 3 heteroatoms. The van der Waals surface area contributed by atoms with E-state index in [1.54, 1.807) is 0 Å². The molecule has 0 aliphatic heterocycles. The van der Waals surface area contributed by atoms with Gasteiger partial charge in [0.05, 0.1) is 6.10 Å². The Morgan fingerprint density at radius 1 is 1.17 bits per heavy atom. The van der Waals surface area contributed by atoms with Crippen molar-refractivity contribution in [2.45, 2.75) is 56.8 Å². The van der Waals surface area contributed by atoms with Gasteiger partial charge in [-0.3, -0.25) is 0 Å². The minimum absolute atomic E-state index is 0.0390. The molecule has 1 aromatic carbocycles. The molecule has 2 aliphatic carbocycles.